The number of fused-ring (bicyclic) bond motifs is 6. The molecule has 22 nitrogen and oxygen atoms in total. The van der Waals surface area contributed by atoms with Crippen molar-refractivity contribution in [1.82, 2.24) is 79.5 Å². The zero-order valence-corrected chi connectivity index (χ0v) is 49.5. The van der Waals surface area contributed by atoms with Gasteiger partial charge in [-0.3, -0.25) is 24.4 Å². The molecule has 9 aromatic rings. The van der Waals surface area contributed by atoms with Gasteiger partial charge in [0, 0.05) is 99.8 Å². The third kappa shape index (κ3) is 12.1. The Morgan fingerprint density at radius 1 is 0.409 bits per heavy atom. The number of aryl methyl sites for hydroxylation is 5. The number of pyridine rings is 6. The van der Waals surface area contributed by atoms with E-state index in [9.17, 15) is 14.4 Å². The van der Waals surface area contributed by atoms with Crippen LogP contribution in [-0.4, -0.2) is 153 Å². The van der Waals surface area contributed by atoms with Crippen molar-refractivity contribution < 1.29 is 28.6 Å². The number of ether oxygens (including phenoxy) is 3. The molecule has 3 saturated heterocycles. The molecule has 3 aliphatic heterocycles. The van der Waals surface area contributed by atoms with Crippen molar-refractivity contribution >= 4 is 17.7 Å². The molecule has 12 heterocycles. The van der Waals surface area contributed by atoms with Crippen LogP contribution in [0.4, 0.5) is 0 Å². The molecule has 9 aromatic heterocycles. The topological polar surface area (TPSA) is 248 Å². The molecule has 6 fully saturated rings. The molecule has 3 aliphatic carbocycles. The highest BCUT2D eigenvalue weighted by Gasteiger charge is 2.51. The van der Waals surface area contributed by atoms with Crippen molar-refractivity contribution in [3.05, 3.63) is 192 Å². The zero-order valence-electron chi connectivity index (χ0n) is 49.5. The minimum absolute atomic E-state index is 0.0262. The number of hydrogen-bond donors (Lipinski definition) is 0. The van der Waals surface area contributed by atoms with Crippen molar-refractivity contribution in [1.29, 1.82) is 0 Å². The number of carbonyl (C=O) groups is 3. The van der Waals surface area contributed by atoms with E-state index in [0.717, 1.165) is 86.0 Å². The lowest BCUT2D eigenvalue weighted by Gasteiger charge is -2.33. The van der Waals surface area contributed by atoms with E-state index in [1.165, 1.54) is 0 Å². The van der Waals surface area contributed by atoms with Crippen LogP contribution in [0.1, 0.15) is 97.8 Å². The van der Waals surface area contributed by atoms with Gasteiger partial charge < -0.3 is 28.9 Å². The van der Waals surface area contributed by atoms with Crippen LogP contribution in [0, 0.1) is 52.4 Å². The number of piperidine rings is 3. The Morgan fingerprint density at radius 2 is 0.818 bits per heavy atom. The van der Waals surface area contributed by atoms with Crippen LogP contribution in [0.3, 0.4) is 0 Å². The Hall–Kier alpha value is -9.99. The zero-order chi connectivity index (χ0) is 60.4. The summed E-state index contributed by atoms with van der Waals surface area (Å²) in [6.07, 6.45) is 26.0. The highest BCUT2D eigenvalue weighted by Crippen LogP contribution is 2.43. The van der Waals surface area contributed by atoms with Crippen LogP contribution >= 0.6 is 0 Å². The van der Waals surface area contributed by atoms with Crippen molar-refractivity contribution in [2.75, 3.05) is 19.6 Å². The average Bonchev–Trinajstić information content (AvgIpc) is 2.11. The van der Waals surface area contributed by atoms with Crippen LogP contribution < -0.4 is 14.2 Å². The summed E-state index contributed by atoms with van der Waals surface area (Å²) in [5.41, 5.74) is 8.33. The molecule has 3 saturated carbocycles. The molecule has 6 aliphatic rings. The molecular formula is C66H66N16O6. The molecule has 22 heteroatoms. The van der Waals surface area contributed by atoms with Crippen LogP contribution in [-0.2, 0) is 0 Å². The summed E-state index contributed by atoms with van der Waals surface area (Å²) < 4.78 is 20.0. The third-order valence-corrected chi connectivity index (χ3v) is 17.3. The summed E-state index contributed by atoms with van der Waals surface area (Å²) in [5.74, 6) is 3.90. The van der Waals surface area contributed by atoms with E-state index >= 15 is 0 Å². The van der Waals surface area contributed by atoms with Crippen molar-refractivity contribution in [2.45, 2.75) is 110 Å². The third-order valence-electron chi connectivity index (χ3n) is 17.3. The largest absolute Gasteiger partial charge is 0.472 e. The number of carbonyl (C=O) groups excluding carboxylic acids is 3. The number of amides is 3. The summed E-state index contributed by atoms with van der Waals surface area (Å²) in [5, 5.41) is 7.91. The summed E-state index contributed by atoms with van der Waals surface area (Å²) in [7, 11) is 0. The van der Waals surface area contributed by atoms with Gasteiger partial charge in [-0.1, -0.05) is 23.4 Å². The molecule has 9 unspecified atom stereocenters. The van der Waals surface area contributed by atoms with Crippen LogP contribution in [0.5, 0.6) is 17.6 Å². The predicted octanol–water partition coefficient (Wildman–Crippen LogP) is 8.51. The number of hydrogen-bond acceptors (Lipinski definition) is 18. The molecular weight excluding hydrogens is 1110 g/mol. The second-order valence-electron chi connectivity index (χ2n) is 23.8. The first-order chi connectivity index (χ1) is 42.8. The lowest BCUT2D eigenvalue weighted by molar-refractivity contribution is 0.0459. The molecule has 0 N–H and O–H groups in total. The van der Waals surface area contributed by atoms with E-state index in [1.54, 1.807) is 97.2 Å². The highest BCUT2D eigenvalue weighted by atomic mass is 16.5. The molecule has 0 spiro atoms. The molecule has 446 valence electrons. The average molecular weight is 1180 g/mol. The number of likely N-dealkylation sites (tertiary alicyclic amines) is 3. The van der Waals surface area contributed by atoms with Gasteiger partial charge >= 0.3 is 0 Å². The predicted molar refractivity (Wildman–Crippen MR) is 322 cm³/mol. The van der Waals surface area contributed by atoms with Gasteiger partial charge in [0.2, 0.25) is 17.6 Å². The fourth-order valence-electron chi connectivity index (χ4n) is 13.2. The smallest absolute Gasteiger partial charge is 0.275 e. The van der Waals surface area contributed by atoms with Crippen molar-refractivity contribution in [3.63, 3.8) is 0 Å². The summed E-state index contributed by atoms with van der Waals surface area (Å²) in [6, 6.07) is 22.7. The van der Waals surface area contributed by atoms with Gasteiger partial charge in [0.25, 0.3) is 17.7 Å². The Labute approximate surface area is 508 Å². The SMILES string of the molecule is Cc1ccc(OC2CC3CC2N(C(=O)c2ncc(C)cc2-c2ncccn2)C3)nc1.Cc1ccc(OC2CC3CC2N(C(=O)c2ncc(C)cc2-n2ccnn2)C3)nc1.Cc1ccc(OC2CC3CC2N(C(=O)c2ncccc2-c2ncccn2)C3)nc1. The van der Waals surface area contributed by atoms with E-state index < -0.39 is 0 Å². The molecule has 9 atom stereocenters. The van der Waals surface area contributed by atoms with Crippen LogP contribution in [0.2, 0.25) is 0 Å². The van der Waals surface area contributed by atoms with Gasteiger partial charge in [0.1, 0.15) is 29.7 Å². The molecule has 3 amide bonds. The lowest BCUT2D eigenvalue weighted by Crippen LogP contribution is -2.47. The van der Waals surface area contributed by atoms with Gasteiger partial charge in [0.15, 0.2) is 17.3 Å². The van der Waals surface area contributed by atoms with Gasteiger partial charge in [-0.25, -0.2) is 44.6 Å². The van der Waals surface area contributed by atoms with E-state index in [0.29, 0.717) is 80.9 Å². The summed E-state index contributed by atoms with van der Waals surface area (Å²) in [4.78, 5) is 89.7. The minimum Gasteiger partial charge on any atom is -0.472 e. The maximum absolute atomic E-state index is 13.5. The molecule has 0 radical (unpaired) electrons. The fourth-order valence-corrected chi connectivity index (χ4v) is 13.2. The normalized spacial score (nSPS) is 22.6. The van der Waals surface area contributed by atoms with Gasteiger partial charge in [0.05, 0.1) is 47.3 Å². The minimum atomic E-state index is -0.0919. The second-order valence-corrected chi connectivity index (χ2v) is 23.8. The number of nitrogens with zero attached hydrogens (tertiary/aromatic N) is 16. The van der Waals surface area contributed by atoms with Crippen molar-refractivity contribution in [2.24, 2.45) is 17.8 Å². The van der Waals surface area contributed by atoms with E-state index in [2.05, 4.69) is 60.2 Å². The second kappa shape index (κ2) is 24.8. The maximum atomic E-state index is 13.5. The van der Waals surface area contributed by atoms with Gasteiger partial charge in [-0.15, -0.1) is 5.10 Å². The van der Waals surface area contributed by atoms with Crippen LogP contribution in [0.15, 0.2) is 147 Å². The van der Waals surface area contributed by atoms with Gasteiger partial charge in [-0.2, -0.15) is 0 Å². The molecule has 6 bridgehead atoms. The van der Waals surface area contributed by atoms with Gasteiger partial charge in [-0.05, 0) is 155 Å². The standard InChI is InChI=1S/C23H23N5O2.C22H21N5O2.C21H22N6O2/c1-14-4-5-20(26-11-14)30-19-10-16-9-18(19)28(13-16)23(29)21-17(8-15(2)12-27-21)22-24-6-3-7-25-22;1-14-5-6-19(26-12-14)29-18-11-15-10-17(18)27(13-15)22(28)20-16(4-2-7-23-20)21-24-8-3-9-25-21;1-13-3-4-19(22-10-13)29-18-9-15-8-16(18)26(12-15)21(28)20-17(7-14(2)11-23-20)27-6-5-24-25-27/h3-8,11-12,16,18-19H,9-10,13H2,1-2H3;2-9,12,15,17-18H,10-11,13H2,1H3;3-7,10-11,15-16,18H,8-9,12H2,1-2H3. The van der Waals surface area contributed by atoms with Crippen LogP contribution in [0.25, 0.3) is 28.5 Å². The Balaban J connectivity index is 0.000000122. The molecule has 0 aromatic carbocycles. The summed E-state index contributed by atoms with van der Waals surface area (Å²) in [6.45, 7) is 12.1. The fraction of sp³-hybridized carbons (Fsp3) is 0.348. The number of rotatable bonds is 12. The summed E-state index contributed by atoms with van der Waals surface area (Å²) >= 11 is 0. The first kappa shape index (κ1) is 57.1. The first-order valence-electron chi connectivity index (χ1n) is 29.9. The molecule has 15 rings (SSSR count). The Morgan fingerprint density at radius 3 is 1.25 bits per heavy atom. The Kier molecular flexibility index (Phi) is 16.1. The quantitative estimate of drug-likeness (QED) is 0.111. The lowest BCUT2D eigenvalue weighted by atomic mass is 10.1. The van der Waals surface area contributed by atoms with Crippen molar-refractivity contribution in [3.8, 4) is 46.1 Å². The Bertz CT molecular complexity index is 3940. The first-order valence-corrected chi connectivity index (χ1v) is 29.9. The molecule has 88 heavy (non-hydrogen) atoms. The maximum Gasteiger partial charge on any atom is 0.275 e. The number of aromatic nitrogens is 13. The monoisotopic (exact) mass is 1180 g/mol. The van der Waals surface area contributed by atoms with E-state index in [4.69, 9.17) is 14.2 Å². The highest BCUT2D eigenvalue weighted by molar-refractivity contribution is 5.99. The van der Waals surface area contributed by atoms with E-state index in [-0.39, 0.29) is 54.2 Å². The van der Waals surface area contributed by atoms with E-state index in [1.807, 2.05) is 104 Å².